The summed E-state index contributed by atoms with van der Waals surface area (Å²) < 4.78 is 10.7. The minimum atomic E-state index is 0.0740. The van der Waals surface area contributed by atoms with Crippen LogP contribution in [-0.2, 0) is 11.2 Å². The summed E-state index contributed by atoms with van der Waals surface area (Å²) >= 11 is 0. The third kappa shape index (κ3) is 3.60. The highest BCUT2D eigenvalue weighted by atomic mass is 16.7. The fraction of sp³-hybridized carbons (Fsp3) is 0.190. The molecule has 0 amide bonds. The number of ketones is 1. The molecule has 4 rings (SSSR count). The number of nitrogens with one attached hydrogen (secondary N) is 1. The minimum Gasteiger partial charge on any atom is -0.454 e. The zero-order valence-electron chi connectivity index (χ0n) is 15.2. The summed E-state index contributed by atoms with van der Waals surface area (Å²) in [5, 5.41) is 3.20. The molecule has 136 valence electrons. The van der Waals surface area contributed by atoms with Crippen molar-refractivity contribution in [3.63, 3.8) is 0 Å². The molecule has 0 saturated carbocycles. The fourth-order valence-corrected chi connectivity index (χ4v) is 3.04. The summed E-state index contributed by atoms with van der Waals surface area (Å²) in [6.07, 6.45) is 2.01. The maximum Gasteiger partial charge on any atom is 0.231 e. The number of aryl methyl sites for hydroxylation is 1. The zero-order chi connectivity index (χ0) is 18.8. The van der Waals surface area contributed by atoms with Crippen molar-refractivity contribution in [1.82, 2.24) is 9.97 Å². The predicted octanol–water partition coefficient (Wildman–Crippen LogP) is 4.06. The quantitative estimate of drug-likeness (QED) is 0.739. The topological polar surface area (TPSA) is 73.3 Å². The summed E-state index contributed by atoms with van der Waals surface area (Å²) in [6.45, 7) is 3.83. The largest absolute Gasteiger partial charge is 0.454 e. The van der Waals surface area contributed by atoms with Crippen LogP contribution >= 0.6 is 0 Å². The summed E-state index contributed by atoms with van der Waals surface area (Å²) in [4.78, 5) is 20.8. The lowest BCUT2D eigenvalue weighted by molar-refractivity contribution is -0.116. The molecule has 0 fully saturated rings. The van der Waals surface area contributed by atoms with Gasteiger partial charge in [0.05, 0.1) is 5.69 Å². The first-order valence-electron chi connectivity index (χ1n) is 8.68. The second kappa shape index (κ2) is 7.07. The van der Waals surface area contributed by atoms with Crippen LogP contribution in [0.2, 0.25) is 0 Å². The lowest BCUT2D eigenvalue weighted by Gasteiger charge is -2.13. The number of hydrogen-bond acceptors (Lipinski definition) is 6. The van der Waals surface area contributed by atoms with Gasteiger partial charge in [0, 0.05) is 35.5 Å². The van der Waals surface area contributed by atoms with Crippen LogP contribution in [0.15, 0.2) is 48.7 Å². The van der Waals surface area contributed by atoms with E-state index >= 15 is 0 Å². The molecule has 0 spiro atoms. The van der Waals surface area contributed by atoms with Crippen molar-refractivity contribution >= 4 is 17.4 Å². The van der Waals surface area contributed by atoms with E-state index in [1.807, 2.05) is 49.4 Å². The molecule has 0 aliphatic carbocycles. The number of carbonyl (C=O) groups excluding carboxylic acids is 1. The second-order valence-electron chi connectivity index (χ2n) is 6.45. The van der Waals surface area contributed by atoms with Gasteiger partial charge in [-0.2, -0.15) is 0 Å². The average Bonchev–Trinajstić information content (AvgIpc) is 3.11. The van der Waals surface area contributed by atoms with Crippen molar-refractivity contribution in [2.75, 3.05) is 12.1 Å². The Balaban J connectivity index is 1.71. The molecule has 2 heterocycles. The summed E-state index contributed by atoms with van der Waals surface area (Å²) in [5.74, 6) is 1.94. The van der Waals surface area contributed by atoms with Crippen LogP contribution in [-0.4, -0.2) is 22.5 Å². The molecule has 0 radical (unpaired) electrons. The molecule has 6 nitrogen and oxygen atoms in total. The van der Waals surface area contributed by atoms with E-state index in [9.17, 15) is 4.79 Å². The number of ether oxygens (including phenoxy) is 2. The highest BCUT2D eigenvalue weighted by Gasteiger charge is 2.16. The average molecular weight is 361 g/mol. The summed E-state index contributed by atoms with van der Waals surface area (Å²) in [5.41, 5.74) is 4.46. The van der Waals surface area contributed by atoms with Gasteiger partial charge in [-0.3, -0.25) is 4.79 Å². The fourth-order valence-electron chi connectivity index (χ4n) is 3.04. The van der Waals surface area contributed by atoms with Gasteiger partial charge in [-0.1, -0.05) is 24.3 Å². The zero-order valence-corrected chi connectivity index (χ0v) is 15.2. The molecule has 1 N–H and O–H groups in total. The Morgan fingerprint density at radius 1 is 1.15 bits per heavy atom. The predicted molar refractivity (Wildman–Crippen MR) is 102 cm³/mol. The SMILES string of the molecule is CC(=O)Cc1cnc(Nc2ccc3c(c2)OCO3)nc1-c1ccccc1C. The van der Waals surface area contributed by atoms with Crippen molar-refractivity contribution in [3.8, 4) is 22.8 Å². The first-order chi connectivity index (χ1) is 13.1. The number of carbonyl (C=O) groups is 1. The standard InChI is InChI=1S/C21H19N3O3/c1-13-5-3-4-6-17(13)20-15(9-14(2)25)11-22-21(24-20)23-16-7-8-18-19(10-16)27-12-26-18/h3-8,10-11H,9,12H2,1-2H3,(H,22,23,24). The van der Waals surface area contributed by atoms with Gasteiger partial charge >= 0.3 is 0 Å². The van der Waals surface area contributed by atoms with E-state index in [-0.39, 0.29) is 12.6 Å². The number of rotatable bonds is 5. The molecule has 27 heavy (non-hydrogen) atoms. The smallest absolute Gasteiger partial charge is 0.231 e. The van der Waals surface area contributed by atoms with E-state index in [1.165, 1.54) is 0 Å². The van der Waals surface area contributed by atoms with E-state index in [0.29, 0.717) is 18.1 Å². The number of benzene rings is 2. The van der Waals surface area contributed by atoms with Crippen LogP contribution in [0.4, 0.5) is 11.6 Å². The van der Waals surface area contributed by atoms with Gasteiger partial charge in [0.2, 0.25) is 12.7 Å². The molecular weight excluding hydrogens is 342 g/mol. The molecular formula is C21H19N3O3. The maximum atomic E-state index is 11.7. The summed E-state index contributed by atoms with van der Waals surface area (Å²) in [6, 6.07) is 13.6. The van der Waals surface area contributed by atoms with Gasteiger partial charge in [0.15, 0.2) is 11.5 Å². The normalized spacial score (nSPS) is 12.1. The van der Waals surface area contributed by atoms with E-state index < -0.39 is 0 Å². The highest BCUT2D eigenvalue weighted by Crippen LogP contribution is 2.35. The highest BCUT2D eigenvalue weighted by molar-refractivity contribution is 5.81. The Labute approximate surface area is 157 Å². The van der Waals surface area contributed by atoms with E-state index in [2.05, 4.69) is 10.3 Å². The van der Waals surface area contributed by atoms with Crippen LogP contribution in [0.1, 0.15) is 18.1 Å². The Kier molecular flexibility index (Phi) is 4.46. The van der Waals surface area contributed by atoms with E-state index in [4.69, 9.17) is 14.5 Å². The molecule has 2 aromatic carbocycles. The molecule has 0 atom stereocenters. The van der Waals surface area contributed by atoms with Crippen molar-refractivity contribution in [1.29, 1.82) is 0 Å². The van der Waals surface area contributed by atoms with Crippen LogP contribution in [0, 0.1) is 6.92 Å². The Morgan fingerprint density at radius 2 is 1.96 bits per heavy atom. The van der Waals surface area contributed by atoms with Crippen molar-refractivity contribution in [3.05, 3.63) is 59.8 Å². The number of nitrogens with zero attached hydrogens (tertiary/aromatic N) is 2. The molecule has 1 aliphatic heterocycles. The number of anilines is 2. The Bertz CT molecular complexity index is 1020. The third-order valence-corrected chi connectivity index (χ3v) is 4.33. The first kappa shape index (κ1) is 17.0. The van der Waals surface area contributed by atoms with Crippen LogP contribution in [0.25, 0.3) is 11.3 Å². The van der Waals surface area contributed by atoms with E-state index in [0.717, 1.165) is 33.8 Å². The molecule has 0 unspecified atom stereocenters. The molecule has 6 heteroatoms. The van der Waals surface area contributed by atoms with Crippen molar-refractivity contribution in [2.24, 2.45) is 0 Å². The summed E-state index contributed by atoms with van der Waals surface area (Å²) in [7, 11) is 0. The van der Waals surface area contributed by atoms with Gasteiger partial charge in [-0.05, 0) is 31.5 Å². The minimum absolute atomic E-state index is 0.0740. The molecule has 0 bridgehead atoms. The van der Waals surface area contributed by atoms with Crippen LogP contribution < -0.4 is 14.8 Å². The van der Waals surface area contributed by atoms with E-state index in [1.54, 1.807) is 13.1 Å². The van der Waals surface area contributed by atoms with Crippen LogP contribution in [0.3, 0.4) is 0 Å². The maximum absolute atomic E-state index is 11.7. The lowest BCUT2D eigenvalue weighted by atomic mass is 10.00. The number of Topliss-reactive ketones (excluding diaryl/α,β-unsaturated/α-hetero) is 1. The van der Waals surface area contributed by atoms with Gasteiger partial charge < -0.3 is 14.8 Å². The van der Waals surface area contributed by atoms with Gasteiger partial charge in [0.25, 0.3) is 0 Å². The van der Waals surface area contributed by atoms with Gasteiger partial charge in [-0.15, -0.1) is 0 Å². The molecule has 1 aliphatic rings. The van der Waals surface area contributed by atoms with Gasteiger partial charge in [-0.25, -0.2) is 9.97 Å². The number of aromatic nitrogens is 2. The monoisotopic (exact) mass is 361 g/mol. The van der Waals surface area contributed by atoms with Crippen molar-refractivity contribution in [2.45, 2.75) is 20.3 Å². The Hall–Kier alpha value is -3.41. The van der Waals surface area contributed by atoms with Crippen LogP contribution in [0.5, 0.6) is 11.5 Å². The second-order valence-corrected chi connectivity index (χ2v) is 6.45. The first-order valence-corrected chi connectivity index (χ1v) is 8.68. The lowest BCUT2D eigenvalue weighted by Crippen LogP contribution is -2.05. The number of fused-ring (bicyclic) bond motifs is 1. The third-order valence-electron chi connectivity index (χ3n) is 4.33. The van der Waals surface area contributed by atoms with Crippen molar-refractivity contribution < 1.29 is 14.3 Å². The molecule has 0 saturated heterocycles. The Morgan fingerprint density at radius 3 is 2.78 bits per heavy atom. The molecule has 3 aromatic rings. The van der Waals surface area contributed by atoms with Gasteiger partial charge in [0.1, 0.15) is 5.78 Å². The molecule has 1 aromatic heterocycles. The number of hydrogen-bond donors (Lipinski definition) is 1.